The molecule has 0 saturated heterocycles. The standard InChI is InChI=1S/C14H19N5OS/c1-17(2)8-11-7-15-13-3-4-18(5-6-19(11)13)14(20)12-9-21-10-16-12/h7,9-10H,3-6,8H2,1-2H3. The Kier molecular flexibility index (Phi) is 4.03. The van der Waals surface area contributed by atoms with Gasteiger partial charge in [0.25, 0.3) is 5.91 Å². The average Bonchev–Trinajstić information content (AvgIpc) is 3.04. The second-order valence-electron chi connectivity index (χ2n) is 5.47. The van der Waals surface area contributed by atoms with Gasteiger partial charge in [0, 0.05) is 44.2 Å². The van der Waals surface area contributed by atoms with Crippen LogP contribution in [0.15, 0.2) is 17.1 Å². The lowest BCUT2D eigenvalue weighted by atomic mass is 10.3. The maximum absolute atomic E-state index is 12.4. The second kappa shape index (κ2) is 5.95. The predicted octanol–water partition coefficient (Wildman–Crippen LogP) is 1.10. The SMILES string of the molecule is CN(C)Cc1cnc2n1CCN(C(=O)c1cscn1)CC2. The van der Waals surface area contributed by atoms with Crippen LogP contribution < -0.4 is 0 Å². The first-order valence-electron chi connectivity index (χ1n) is 7.00. The van der Waals surface area contributed by atoms with Gasteiger partial charge in [0.05, 0.1) is 11.2 Å². The number of imidazole rings is 1. The molecule has 0 spiro atoms. The van der Waals surface area contributed by atoms with Gasteiger partial charge in [-0.2, -0.15) is 0 Å². The molecule has 2 aromatic rings. The van der Waals surface area contributed by atoms with Gasteiger partial charge in [-0.05, 0) is 14.1 Å². The highest BCUT2D eigenvalue weighted by Crippen LogP contribution is 2.15. The van der Waals surface area contributed by atoms with Gasteiger partial charge in [0.1, 0.15) is 11.5 Å². The molecule has 0 aliphatic carbocycles. The summed E-state index contributed by atoms with van der Waals surface area (Å²) in [6, 6.07) is 0. The van der Waals surface area contributed by atoms with Crippen LogP contribution in [-0.4, -0.2) is 57.4 Å². The number of nitrogens with zero attached hydrogens (tertiary/aromatic N) is 5. The Bertz CT molecular complexity index is 619. The van der Waals surface area contributed by atoms with Crippen molar-refractivity contribution in [3.8, 4) is 0 Å². The van der Waals surface area contributed by atoms with Crippen molar-refractivity contribution in [2.45, 2.75) is 19.5 Å². The Morgan fingerprint density at radius 1 is 1.33 bits per heavy atom. The molecule has 3 heterocycles. The van der Waals surface area contributed by atoms with E-state index in [9.17, 15) is 4.79 Å². The van der Waals surface area contributed by atoms with Gasteiger partial charge in [-0.1, -0.05) is 0 Å². The molecule has 1 aliphatic heterocycles. The molecule has 6 nitrogen and oxygen atoms in total. The van der Waals surface area contributed by atoms with Gasteiger partial charge in [-0.3, -0.25) is 4.79 Å². The summed E-state index contributed by atoms with van der Waals surface area (Å²) in [5.41, 5.74) is 3.46. The van der Waals surface area contributed by atoms with E-state index in [4.69, 9.17) is 0 Å². The molecule has 2 aromatic heterocycles. The third-order valence-corrected chi connectivity index (χ3v) is 4.22. The van der Waals surface area contributed by atoms with Crippen LogP contribution in [0.25, 0.3) is 0 Å². The highest BCUT2D eigenvalue weighted by Gasteiger charge is 2.22. The van der Waals surface area contributed by atoms with Crippen molar-refractivity contribution in [2.75, 3.05) is 27.2 Å². The molecule has 0 unspecified atom stereocenters. The maximum atomic E-state index is 12.4. The molecule has 1 amide bonds. The normalized spacial score (nSPS) is 15.1. The third kappa shape index (κ3) is 2.98. The van der Waals surface area contributed by atoms with E-state index in [1.165, 1.54) is 17.0 Å². The number of hydrogen-bond acceptors (Lipinski definition) is 5. The van der Waals surface area contributed by atoms with Crippen molar-refractivity contribution in [2.24, 2.45) is 0 Å². The Hall–Kier alpha value is -1.73. The molecular formula is C14H19N5OS. The number of amides is 1. The van der Waals surface area contributed by atoms with Crippen LogP contribution in [0.4, 0.5) is 0 Å². The zero-order valence-corrected chi connectivity index (χ0v) is 13.1. The Morgan fingerprint density at radius 2 is 2.19 bits per heavy atom. The number of thiazole rings is 1. The average molecular weight is 305 g/mol. The number of carbonyl (C=O) groups excluding carboxylic acids is 1. The summed E-state index contributed by atoms with van der Waals surface area (Å²) in [5.74, 6) is 1.09. The minimum atomic E-state index is 0.0242. The van der Waals surface area contributed by atoms with E-state index in [0.29, 0.717) is 18.8 Å². The first-order chi connectivity index (χ1) is 10.1. The summed E-state index contributed by atoms with van der Waals surface area (Å²) in [5, 5.41) is 1.81. The van der Waals surface area contributed by atoms with Crippen LogP contribution >= 0.6 is 11.3 Å². The number of fused-ring (bicyclic) bond motifs is 1. The number of rotatable bonds is 3. The van der Waals surface area contributed by atoms with Gasteiger partial charge in [-0.15, -0.1) is 11.3 Å². The minimum Gasteiger partial charge on any atom is -0.335 e. The topological polar surface area (TPSA) is 54.3 Å². The Labute approximate surface area is 128 Å². The third-order valence-electron chi connectivity index (χ3n) is 3.64. The van der Waals surface area contributed by atoms with Crippen LogP contribution in [-0.2, 0) is 19.5 Å². The smallest absolute Gasteiger partial charge is 0.273 e. The molecule has 0 radical (unpaired) electrons. The van der Waals surface area contributed by atoms with E-state index in [0.717, 1.165) is 25.3 Å². The monoisotopic (exact) mass is 305 g/mol. The van der Waals surface area contributed by atoms with Crippen LogP contribution in [0, 0.1) is 0 Å². The molecule has 0 aromatic carbocycles. The zero-order chi connectivity index (χ0) is 14.8. The molecule has 7 heteroatoms. The molecule has 0 atom stereocenters. The van der Waals surface area contributed by atoms with Crippen LogP contribution in [0.2, 0.25) is 0 Å². The lowest BCUT2D eigenvalue weighted by Gasteiger charge is -2.19. The summed E-state index contributed by atoms with van der Waals surface area (Å²) < 4.78 is 2.24. The second-order valence-corrected chi connectivity index (χ2v) is 6.19. The summed E-state index contributed by atoms with van der Waals surface area (Å²) in [6.07, 6.45) is 2.75. The highest BCUT2D eigenvalue weighted by molar-refractivity contribution is 7.07. The fourth-order valence-corrected chi connectivity index (χ4v) is 3.15. The van der Waals surface area contributed by atoms with E-state index in [2.05, 4.69) is 33.5 Å². The molecule has 0 fully saturated rings. The zero-order valence-electron chi connectivity index (χ0n) is 12.3. The highest BCUT2D eigenvalue weighted by atomic mass is 32.1. The summed E-state index contributed by atoms with van der Waals surface area (Å²) in [6.45, 7) is 3.08. The summed E-state index contributed by atoms with van der Waals surface area (Å²) >= 11 is 1.45. The molecule has 0 bridgehead atoms. The predicted molar refractivity (Wildman–Crippen MR) is 81.3 cm³/mol. The van der Waals surface area contributed by atoms with Crippen molar-refractivity contribution in [1.29, 1.82) is 0 Å². The van der Waals surface area contributed by atoms with Crippen molar-refractivity contribution in [3.63, 3.8) is 0 Å². The lowest BCUT2D eigenvalue weighted by molar-refractivity contribution is 0.0753. The van der Waals surface area contributed by atoms with Crippen molar-refractivity contribution in [1.82, 2.24) is 24.3 Å². The van der Waals surface area contributed by atoms with Crippen LogP contribution in [0.5, 0.6) is 0 Å². The fourth-order valence-electron chi connectivity index (χ4n) is 2.63. The Balaban J connectivity index is 1.74. The molecule has 3 rings (SSSR count). The van der Waals surface area contributed by atoms with Crippen molar-refractivity contribution in [3.05, 3.63) is 34.3 Å². The molecular weight excluding hydrogens is 286 g/mol. The first kappa shape index (κ1) is 14.2. The molecule has 112 valence electrons. The van der Waals surface area contributed by atoms with Crippen molar-refractivity contribution < 1.29 is 4.79 Å². The van der Waals surface area contributed by atoms with E-state index in [1.807, 2.05) is 16.5 Å². The van der Waals surface area contributed by atoms with Crippen LogP contribution in [0.1, 0.15) is 22.0 Å². The quantitative estimate of drug-likeness (QED) is 0.852. The number of carbonyl (C=O) groups is 1. The summed E-state index contributed by atoms with van der Waals surface area (Å²) in [7, 11) is 4.10. The Morgan fingerprint density at radius 3 is 2.90 bits per heavy atom. The number of hydrogen-bond donors (Lipinski definition) is 0. The van der Waals surface area contributed by atoms with Crippen LogP contribution in [0.3, 0.4) is 0 Å². The van der Waals surface area contributed by atoms with E-state index >= 15 is 0 Å². The van der Waals surface area contributed by atoms with Gasteiger partial charge >= 0.3 is 0 Å². The fraction of sp³-hybridized carbons (Fsp3) is 0.500. The molecule has 0 N–H and O–H groups in total. The first-order valence-corrected chi connectivity index (χ1v) is 7.95. The minimum absolute atomic E-state index is 0.0242. The van der Waals surface area contributed by atoms with Gasteiger partial charge in [-0.25, -0.2) is 9.97 Å². The maximum Gasteiger partial charge on any atom is 0.273 e. The lowest BCUT2D eigenvalue weighted by Crippen LogP contribution is -2.34. The molecule has 1 aliphatic rings. The molecule has 0 saturated carbocycles. The van der Waals surface area contributed by atoms with E-state index < -0.39 is 0 Å². The summed E-state index contributed by atoms with van der Waals surface area (Å²) in [4.78, 5) is 25.0. The van der Waals surface area contributed by atoms with E-state index in [1.54, 1.807) is 5.51 Å². The number of aromatic nitrogens is 3. The van der Waals surface area contributed by atoms with Gasteiger partial charge in [0.2, 0.25) is 0 Å². The molecule has 21 heavy (non-hydrogen) atoms. The largest absolute Gasteiger partial charge is 0.335 e. The van der Waals surface area contributed by atoms with Gasteiger partial charge < -0.3 is 14.4 Å². The van der Waals surface area contributed by atoms with E-state index in [-0.39, 0.29) is 5.91 Å². The van der Waals surface area contributed by atoms with Gasteiger partial charge in [0.15, 0.2) is 0 Å². The van der Waals surface area contributed by atoms with Crippen molar-refractivity contribution >= 4 is 17.2 Å².